The van der Waals surface area contributed by atoms with Gasteiger partial charge in [-0.3, -0.25) is 0 Å². The predicted molar refractivity (Wildman–Crippen MR) is 124 cm³/mol. The first kappa shape index (κ1) is 19.7. The maximum atomic E-state index is 10.5. The van der Waals surface area contributed by atoms with E-state index in [9.17, 15) is 10.2 Å². The Bertz CT molecular complexity index is 1070. The van der Waals surface area contributed by atoms with Crippen molar-refractivity contribution in [1.82, 2.24) is 0 Å². The van der Waals surface area contributed by atoms with Crippen molar-refractivity contribution in [2.45, 2.75) is 18.3 Å². The van der Waals surface area contributed by atoms with Gasteiger partial charge < -0.3 is 10.2 Å². The Kier molecular flexibility index (Phi) is 5.36. The van der Waals surface area contributed by atoms with Crippen LogP contribution in [0.1, 0.15) is 40.5 Å². The lowest BCUT2D eigenvalue weighted by Gasteiger charge is -2.26. The lowest BCUT2D eigenvalue weighted by Crippen LogP contribution is -2.21. The number of fused-ring (bicyclic) bond motifs is 3. The summed E-state index contributed by atoms with van der Waals surface area (Å²) >= 11 is 3.55. The Labute approximate surface area is 186 Å². The molecule has 2 aliphatic carbocycles. The van der Waals surface area contributed by atoms with E-state index in [2.05, 4.69) is 88.7 Å². The molecule has 1 saturated carbocycles. The fraction of sp³-hybridized carbons (Fsp3) is 0.259. The highest BCUT2D eigenvalue weighted by molar-refractivity contribution is 9.10. The third-order valence-electron chi connectivity index (χ3n) is 6.89. The van der Waals surface area contributed by atoms with Crippen LogP contribution in [0.5, 0.6) is 0 Å². The first-order chi connectivity index (χ1) is 14.7. The van der Waals surface area contributed by atoms with E-state index in [0.29, 0.717) is 6.42 Å². The van der Waals surface area contributed by atoms with E-state index >= 15 is 0 Å². The largest absolute Gasteiger partial charge is 0.396 e. The van der Waals surface area contributed by atoms with Gasteiger partial charge in [-0.25, -0.2) is 0 Å². The SMILES string of the molecule is OCC[C@@H]1C2=C(c3ccccc3)c3ccccc3[C@H]2[C@H](c2ccc(Br)cc2)[C@H]1CO. The van der Waals surface area contributed by atoms with E-state index in [4.69, 9.17) is 0 Å². The van der Waals surface area contributed by atoms with Crippen LogP contribution in [0.25, 0.3) is 5.57 Å². The summed E-state index contributed by atoms with van der Waals surface area (Å²) in [6.45, 7) is 0.249. The van der Waals surface area contributed by atoms with Gasteiger partial charge in [0.05, 0.1) is 0 Å². The van der Waals surface area contributed by atoms with Crippen molar-refractivity contribution in [2.24, 2.45) is 11.8 Å². The number of aliphatic hydroxyl groups excluding tert-OH is 2. The smallest absolute Gasteiger partial charge is 0.0471 e. The standard InChI is InChI=1S/C27H25BrO2/c28-19-12-10-18(11-13-19)25-23(16-30)22(14-15-29)27-24(17-6-2-1-3-7-17)20-8-4-5-9-21(20)26(25)27/h1-13,22-23,25-26,29-30H,14-16H2/t22-,23-,25+,26-/m0/s1. The van der Waals surface area contributed by atoms with Crippen molar-refractivity contribution in [1.29, 1.82) is 0 Å². The van der Waals surface area contributed by atoms with E-state index < -0.39 is 0 Å². The van der Waals surface area contributed by atoms with Crippen LogP contribution < -0.4 is 0 Å². The summed E-state index contributed by atoms with van der Waals surface area (Å²) in [7, 11) is 0. The number of benzene rings is 3. The Morgan fingerprint density at radius 1 is 0.800 bits per heavy atom. The van der Waals surface area contributed by atoms with Gasteiger partial charge in [0.2, 0.25) is 0 Å². The number of rotatable bonds is 5. The zero-order chi connectivity index (χ0) is 20.7. The quantitative estimate of drug-likeness (QED) is 0.508. The second kappa shape index (κ2) is 8.14. The van der Waals surface area contributed by atoms with Crippen LogP contribution in [0.15, 0.2) is 88.9 Å². The van der Waals surface area contributed by atoms with Crippen molar-refractivity contribution in [3.8, 4) is 0 Å². The van der Waals surface area contributed by atoms with Crippen molar-refractivity contribution in [2.75, 3.05) is 13.2 Å². The molecule has 0 unspecified atom stereocenters. The van der Waals surface area contributed by atoms with Crippen molar-refractivity contribution >= 4 is 21.5 Å². The molecule has 0 aromatic heterocycles. The van der Waals surface area contributed by atoms with Gasteiger partial charge in [0.1, 0.15) is 0 Å². The minimum absolute atomic E-state index is 0.0883. The van der Waals surface area contributed by atoms with Gasteiger partial charge in [0, 0.05) is 29.5 Å². The van der Waals surface area contributed by atoms with Crippen molar-refractivity contribution < 1.29 is 10.2 Å². The van der Waals surface area contributed by atoms with Crippen LogP contribution in [0.3, 0.4) is 0 Å². The first-order valence-electron chi connectivity index (χ1n) is 10.6. The fourth-order valence-electron chi connectivity index (χ4n) is 5.81. The van der Waals surface area contributed by atoms with Gasteiger partial charge in [-0.1, -0.05) is 88.2 Å². The molecular formula is C27H25BrO2. The minimum atomic E-state index is 0.0883. The molecule has 0 saturated heterocycles. The van der Waals surface area contributed by atoms with Gasteiger partial charge in [-0.15, -0.1) is 0 Å². The van der Waals surface area contributed by atoms with Crippen molar-refractivity contribution in [3.63, 3.8) is 0 Å². The fourth-order valence-corrected chi connectivity index (χ4v) is 6.07. The summed E-state index contributed by atoms with van der Waals surface area (Å²) in [5, 5.41) is 20.4. The molecule has 3 aromatic rings. The summed E-state index contributed by atoms with van der Waals surface area (Å²) in [5.74, 6) is 0.662. The number of hydrogen-bond donors (Lipinski definition) is 2. The molecule has 0 amide bonds. The van der Waals surface area contributed by atoms with E-state index in [-0.39, 0.29) is 36.9 Å². The van der Waals surface area contributed by atoms with Crippen molar-refractivity contribution in [3.05, 3.63) is 111 Å². The molecular weight excluding hydrogens is 436 g/mol. The Morgan fingerprint density at radius 2 is 1.50 bits per heavy atom. The molecule has 0 aliphatic heterocycles. The van der Waals surface area contributed by atoms with Crippen LogP contribution in [0.4, 0.5) is 0 Å². The molecule has 0 radical (unpaired) electrons. The van der Waals surface area contributed by atoms with Crippen LogP contribution in [0, 0.1) is 11.8 Å². The van der Waals surface area contributed by atoms with Crippen LogP contribution >= 0.6 is 15.9 Å². The Morgan fingerprint density at radius 3 is 2.20 bits per heavy atom. The molecule has 5 rings (SSSR count). The molecule has 152 valence electrons. The van der Waals surface area contributed by atoms with E-state index in [1.807, 2.05) is 6.07 Å². The topological polar surface area (TPSA) is 40.5 Å². The van der Waals surface area contributed by atoms with E-state index in [1.54, 1.807) is 0 Å². The monoisotopic (exact) mass is 460 g/mol. The Hall–Kier alpha value is -2.20. The summed E-state index contributed by atoms with van der Waals surface area (Å²) in [6.07, 6.45) is 0.675. The van der Waals surface area contributed by atoms with Gasteiger partial charge >= 0.3 is 0 Å². The minimum Gasteiger partial charge on any atom is -0.396 e. The first-order valence-corrected chi connectivity index (χ1v) is 11.4. The number of allylic oxidation sites excluding steroid dienone is 1. The maximum absolute atomic E-state index is 10.5. The lowest BCUT2D eigenvalue weighted by molar-refractivity contribution is 0.166. The average molecular weight is 461 g/mol. The maximum Gasteiger partial charge on any atom is 0.0471 e. The second-order valence-electron chi connectivity index (χ2n) is 8.30. The Balaban J connectivity index is 1.77. The van der Waals surface area contributed by atoms with E-state index in [0.717, 1.165) is 4.47 Å². The average Bonchev–Trinajstić information content (AvgIpc) is 3.28. The summed E-state index contributed by atoms with van der Waals surface area (Å²) in [4.78, 5) is 0. The molecule has 2 aliphatic rings. The summed E-state index contributed by atoms with van der Waals surface area (Å²) in [5.41, 5.74) is 7.81. The molecule has 0 heterocycles. The molecule has 1 fully saturated rings. The third kappa shape index (κ3) is 3.08. The van der Waals surface area contributed by atoms with Crippen LogP contribution in [-0.4, -0.2) is 23.4 Å². The highest BCUT2D eigenvalue weighted by Gasteiger charge is 2.51. The zero-order valence-electron chi connectivity index (χ0n) is 16.7. The number of aliphatic hydroxyl groups is 2. The zero-order valence-corrected chi connectivity index (χ0v) is 18.3. The summed E-state index contributed by atoms with van der Waals surface area (Å²) in [6, 6.07) is 27.8. The molecule has 2 N–H and O–H groups in total. The molecule has 30 heavy (non-hydrogen) atoms. The highest BCUT2D eigenvalue weighted by atomic mass is 79.9. The third-order valence-corrected chi connectivity index (χ3v) is 7.42. The summed E-state index contributed by atoms with van der Waals surface area (Å²) < 4.78 is 1.06. The lowest BCUT2D eigenvalue weighted by atomic mass is 9.78. The molecule has 4 atom stereocenters. The molecule has 0 bridgehead atoms. The predicted octanol–water partition coefficient (Wildman–Crippen LogP) is 5.75. The molecule has 2 nitrogen and oxygen atoms in total. The molecule has 3 aromatic carbocycles. The number of hydrogen-bond acceptors (Lipinski definition) is 2. The molecule has 0 spiro atoms. The van der Waals surface area contributed by atoms with Gasteiger partial charge in [0.15, 0.2) is 0 Å². The van der Waals surface area contributed by atoms with Crippen LogP contribution in [-0.2, 0) is 0 Å². The molecule has 3 heteroatoms. The van der Waals surface area contributed by atoms with Crippen LogP contribution in [0.2, 0.25) is 0 Å². The highest BCUT2D eigenvalue weighted by Crippen LogP contribution is 2.63. The second-order valence-corrected chi connectivity index (χ2v) is 9.22. The van der Waals surface area contributed by atoms with Gasteiger partial charge in [-0.05, 0) is 58.2 Å². The van der Waals surface area contributed by atoms with Gasteiger partial charge in [-0.2, -0.15) is 0 Å². The van der Waals surface area contributed by atoms with Gasteiger partial charge in [0.25, 0.3) is 0 Å². The number of halogens is 1. The van der Waals surface area contributed by atoms with E-state index in [1.165, 1.54) is 33.4 Å². The normalized spacial score (nSPS) is 24.8.